The summed E-state index contributed by atoms with van der Waals surface area (Å²) < 4.78 is 10.1. The Morgan fingerprint density at radius 2 is 1.94 bits per heavy atom. The van der Waals surface area contributed by atoms with Crippen LogP contribution in [-0.4, -0.2) is 23.9 Å². The second kappa shape index (κ2) is 6.44. The quantitative estimate of drug-likeness (QED) is 0.615. The molecule has 1 heterocycles. The van der Waals surface area contributed by atoms with Gasteiger partial charge in [-0.3, -0.25) is 0 Å². The van der Waals surface area contributed by atoms with E-state index in [2.05, 4.69) is 9.97 Å². The Bertz CT molecular complexity index is 506. The molecule has 0 aliphatic rings. The van der Waals surface area contributed by atoms with Crippen LogP contribution in [0.4, 0.5) is 0 Å². The maximum atomic E-state index is 6.11. The van der Waals surface area contributed by atoms with E-state index in [1.54, 1.807) is 19.5 Å². The first-order valence-corrected chi connectivity index (χ1v) is 5.79. The minimum atomic E-state index is 0.245. The molecule has 0 aliphatic heterocycles. The van der Waals surface area contributed by atoms with Crippen molar-refractivity contribution in [2.45, 2.75) is 6.61 Å². The Morgan fingerprint density at radius 1 is 1.17 bits per heavy atom. The first kappa shape index (κ1) is 13.0. The third-order valence-electron chi connectivity index (χ3n) is 2.40. The Balaban J connectivity index is 2.21. The lowest BCUT2D eigenvalue weighted by Crippen LogP contribution is -1.98. The molecule has 0 unspecified atom stereocenters. The Morgan fingerprint density at radius 3 is 2.67 bits per heavy atom. The zero-order chi connectivity index (χ0) is 12.8. The Labute approximate surface area is 111 Å². The molecule has 5 heteroatoms. The molecule has 0 N–H and O–H groups in total. The molecule has 2 rings (SSSR count). The van der Waals surface area contributed by atoms with Crippen molar-refractivity contribution in [1.82, 2.24) is 9.97 Å². The molecule has 0 saturated heterocycles. The molecule has 94 valence electrons. The summed E-state index contributed by atoms with van der Waals surface area (Å²) in [5.74, 6) is 0. The molecule has 18 heavy (non-hydrogen) atoms. The van der Waals surface area contributed by atoms with Crippen molar-refractivity contribution >= 4 is 11.6 Å². The first-order chi connectivity index (χ1) is 8.81. The van der Waals surface area contributed by atoms with Crippen LogP contribution in [0.15, 0.2) is 36.9 Å². The van der Waals surface area contributed by atoms with Gasteiger partial charge in [-0.2, -0.15) is 0 Å². The molecule has 0 saturated carbocycles. The van der Waals surface area contributed by atoms with E-state index in [0.29, 0.717) is 11.6 Å². The van der Waals surface area contributed by atoms with E-state index in [-0.39, 0.29) is 6.79 Å². The summed E-state index contributed by atoms with van der Waals surface area (Å²) in [6.07, 6.45) is 5.02. The minimum absolute atomic E-state index is 0.245. The Kier molecular flexibility index (Phi) is 4.64. The summed E-state index contributed by atoms with van der Waals surface area (Å²) >= 11 is 6.11. The molecule has 0 bridgehead atoms. The fourth-order valence-electron chi connectivity index (χ4n) is 1.55. The second-order valence-corrected chi connectivity index (χ2v) is 4.10. The molecule has 0 atom stereocenters. The third-order valence-corrected chi connectivity index (χ3v) is 2.77. The highest BCUT2D eigenvalue weighted by Gasteiger charge is 2.04. The van der Waals surface area contributed by atoms with Gasteiger partial charge in [0.25, 0.3) is 0 Å². The average Bonchev–Trinajstić information content (AvgIpc) is 2.42. The van der Waals surface area contributed by atoms with E-state index in [9.17, 15) is 0 Å². The maximum Gasteiger partial charge on any atom is 0.146 e. The zero-order valence-corrected chi connectivity index (χ0v) is 10.7. The fourth-order valence-corrected chi connectivity index (χ4v) is 1.72. The summed E-state index contributed by atoms with van der Waals surface area (Å²) in [5, 5.41) is 0.673. The molecular weight excluding hydrogens is 252 g/mol. The van der Waals surface area contributed by atoms with Crippen molar-refractivity contribution in [2.24, 2.45) is 0 Å². The van der Waals surface area contributed by atoms with Crippen molar-refractivity contribution in [1.29, 1.82) is 0 Å². The van der Waals surface area contributed by atoms with Crippen molar-refractivity contribution in [2.75, 3.05) is 13.9 Å². The summed E-state index contributed by atoms with van der Waals surface area (Å²) in [6.45, 7) is 0.656. The SMILES string of the molecule is COCOCc1cc(-c2cncnc2)ccc1Cl. The molecule has 1 aromatic heterocycles. The van der Waals surface area contributed by atoms with Gasteiger partial charge in [0.1, 0.15) is 13.1 Å². The highest BCUT2D eigenvalue weighted by Crippen LogP contribution is 2.24. The number of hydrogen-bond acceptors (Lipinski definition) is 4. The number of methoxy groups -OCH3 is 1. The number of halogens is 1. The standard InChI is InChI=1S/C13H13ClN2O2/c1-17-9-18-7-11-4-10(2-3-13(11)14)12-5-15-8-16-6-12/h2-6,8H,7,9H2,1H3. The van der Waals surface area contributed by atoms with Gasteiger partial charge in [-0.15, -0.1) is 0 Å². The van der Waals surface area contributed by atoms with Gasteiger partial charge in [-0.25, -0.2) is 9.97 Å². The minimum Gasteiger partial charge on any atom is -0.359 e. The van der Waals surface area contributed by atoms with E-state index < -0.39 is 0 Å². The lowest BCUT2D eigenvalue weighted by atomic mass is 10.1. The number of hydrogen-bond donors (Lipinski definition) is 0. The number of aromatic nitrogens is 2. The summed E-state index contributed by atoms with van der Waals surface area (Å²) in [7, 11) is 1.58. The van der Waals surface area contributed by atoms with E-state index in [1.165, 1.54) is 6.33 Å². The summed E-state index contributed by atoms with van der Waals surface area (Å²) in [5.41, 5.74) is 2.87. The molecule has 4 nitrogen and oxygen atoms in total. The molecule has 1 aromatic carbocycles. The highest BCUT2D eigenvalue weighted by molar-refractivity contribution is 6.31. The van der Waals surface area contributed by atoms with Crippen LogP contribution in [0.3, 0.4) is 0 Å². The first-order valence-electron chi connectivity index (χ1n) is 5.41. The van der Waals surface area contributed by atoms with Gasteiger partial charge in [-0.05, 0) is 23.3 Å². The molecular formula is C13H13ClN2O2. The van der Waals surface area contributed by atoms with Crippen LogP contribution in [-0.2, 0) is 16.1 Å². The van der Waals surface area contributed by atoms with Gasteiger partial charge in [0.15, 0.2) is 0 Å². The molecule has 0 aliphatic carbocycles. The number of benzene rings is 1. The Hall–Kier alpha value is -1.49. The van der Waals surface area contributed by atoms with E-state index >= 15 is 0 Å². The van der Waals surface area contributed by atoms with Gasteiger partial charge in [-0.1, -0.05) is 17.7 Å². The predicted octanol–water partition coefficient (Wildman–Crippen LogP) is 2.92. The average molecular weight is 265 g/mol. The van der Waals surface area contributed by atoms with Crippen LogP contribution in [0.5, 0.6) is 0 Å². The van der Waals surface area contributed by atoms with Crippen molar-refractivity contribution < 1.29 is 9.47 Å². The van der Waals surface area contributed by atoms with E-state index in [0.717, 1.165) is 16.7 Å². The fraction of sp³-hybridized carbons (Fsp3) is 0.231. The summed E-state index contributed by atoms with van der Waals surface area (Å²) in [6, 6.07) is 5.74. The smallest absolute Gasteiger partial charge is 0.146 e. The van der Waals surface area contributed by atoms with Crippen LogP contribution in [0.2, 0.25) is 5.02 Å². The van der Waals surface area contributed by atoms with Gasteiger partial charge < -0.3 is 9.47 Å². The maximum absolute atomic E-state index is 6.11. The van der Waals surface area contributed by atoms with E-state index in [4.69, 9.17) is 21.1 Å². The third kappa shape index (κ3) is 3.26. The van der Waals surface area contributed by atoms with Crippen molar-refractivity contribution in [3.8, 4) is 11.1 Å². The lowest BCUT2D eigenvalue weighted by molar-refractivity contribution is -0.0390. The normalized spacial score (nSPS) is 10.6. The summed E-state index contributed by atoms with van der Waals surface area (Å²) in [4.78, 5) is 7.99. The van der Waals surface area contributed by atoms with Crippen LogP contribution in [0.25, 0.3) is 11.1 Å². The van der Waals surface area contributed by atoms with Gasteiger partial charge in [0.2, 0.25) is 0 Å². The van der Waals surface area contributed by atoms with Crippen LogP contribution < -0.4 is 0 Å². The topological polar surface area (TPSA) is 44.2 Å². The zero-order valence-electron chi connectivity index (χ0n) is 9.97. The second-order valence-electron chi connectivity index (χ2n) is 3.69. The number of ether oxygens (including phenoxy) is 2. The van der Waals surface area contributed by atoms with Crippen LogP contribution in [0.1, 0.15) is 5.56 Å². The van der Waals surface area contributed by atoms with Gasteiger partial charge in [0, 0.05) is 30.1 Å². The van der Waals surface area contributed by atoms with E-state index in [1.807, 2.05) is 18.2 Å². The van der Waals surface area contributed by atoms with Crippen LogP contribution >= 0.6 is 11.6 Å². The molecule has 0 amide bonds. The monoisotopic (exact) mass is 264 g/mol. The molecule has 0 radical (unpaired) electrons. The largest absolute Gasteiger partial charge is 0.359 e. The van der Waals surface area contributed by atoms with Crippen molar-refractivity contribution in [3.05, 3.63) is 47.5 Å². The van der Waals surface area contributed by atoms with Crippen molar-refractivity contribution in [3.63, 3.8) is 0 Å². The lowest BCUT2D eigenvalue weighted by Gasteiger charge is -2.08. The molecule has 2 aromatic rings. The van der Waals surface area contributed by atoms with Gasteiger partial charge >= 0.3 is 0 Å². The molecule has 0 spiro atoms. The number of nitrogens with zero attached hydrogens (tertiary/aromatic N) is 2. The van der Waals surface area contributed by atoms with Gasteiger partial charge in [0.05, 0.1) is 6.61 Å². The molecule has 0 fully saturated rings. The number of rotatable bonds is 5. The predicted molar refractivity (Wildman–Crippen MR) is 69.1 cm³/mol. The van der Waals surface area contributed by atoms with Crippen LogP contribution in [0, 0.1) is 0 Å². The highest BCUT2D eigenvalue weighted by atomic mass is 35.5.